The van der Waals surface area contributed by atoms with Crippen LogP contribution in [0.3, 0.4) is 0 Å². The summed E-state index contributed by atoms with van der Waals surface area (Å²) in [5.74, 6) is 0.137. The van der Waals surface area contributed by atoms with E-state index in [9.17, 15) is 9.90 Å². The molecule has 2 aromatic carbocycles. The first-order valence-corrected chi connectivity index (χ1v) is 6.37. The molecule has 0 bridgehead atoms. The molecule has 2 aromatic rings. The van der Waals surface area contributed by atoms with Crippen molar-refractivity contribution in [3.05, 3.63) is 59.2 Å². The number of hydrogen-bond donors (Lipinski definition) is 2. The van der Waals surface area contributed by atoms with Gasteiger partial charge in [0.25, 0.3) is 5.91 Å². The Morgan fingerprint density at radius 2 is 2.00 bits per heavy atom. The number of aromatic hydroxyl groups is 1. The molecule has 0 aliphatic carbocycles. The molecular weight excluding hydrogens is 252 g/mol. The molecule has 0 fully saturated rings. The van der Waals surface area contributed by atoms with Crippen molar-refractivity contribution in [1.82, 2.24) is 4.90 Å². The molecule has 0 heterocycles. The third-order valence-corrected chi connectivity index (χ3v) is 3.16. The minimum atomic E-state index is -0.0640. The maximum absolute atomic E-state index is 12.4. The van der Waals surface area contributed by atoms with Crippen LogP contribution in [0.4, 0.5) is 5.69 Å². The minimum Gasteiger partial charge on any atom is -0.508 e. The second-order valence-electron chi connectivity index (χ2n) is 4.91. The number of phenolic OH excluding ortho intramolecular Hbond substituents is 1. The fourth-order valence-electron chi connectivity index (χ4n) is 2.13. The fraction of sp³-hybridized carbons (Fsp3) is 0.188. The normalized spacial score (nSPS) is 10.3. The molecule has 0 saturated carbocycles. The number of hydrogen-bond acceptors (Lipinski definition) is 3. The summed E-state index contributed by atoms with van der Waals surface area (Å²) in [6.07, 6.45) is 0. The van der Waals surface area contributed by atoms with E-state index in [1.54, 1.807) is 48.3 Å². The standard InChI is InChI=1S/C16H18N2O2/c1-11-8-13(17)6-7-15(11)16(20)18(2)10-12-4-3-5-14(19)9-12/h3-9,19H,10,17H2,1-2H3. The molecule has 4 heteroatoms. The van der Waals surface area contributed by atoms with Gasteiger partial charge in [0.1, 0.15) is 5.75 Å². The SMILES string of the molecule is Cc1cc(N)ccc1C(=O)N(C)Cc1cccc(O)c1. The molecule has 20 heavy (non-hydrogen) atoms. The van der Waals surface area contributed by atoms with Crippen LogP contribution in [0, 0.1) is 6.92 Å². The molecule has 0 aromatic heterocycles. The number of benzene rings is 2. The Labute approximate surface area is 118 Å². The zero-order chi connectivity index (χ0) is 14.7. The van der Waals surface area contributed by atoms with Crippen LogP contribution in [0.15, 0.2) is 42.5 Å². The maximum Gasteiger partial charge on any atom is 0.254 e. The summed E-state index contributed by atoms with van der Waals surface area (Å²) in [4.78, 5) is 14.0. The number of aryl methyl sites for hydroxylation is 1. The molecule has 0 atom stereocenters. The lowest BCUT2D eigenvalue weighted by atomic mass is 10.1. The van der Waals surface area contributed by atoms with Gasteiger partial charge in [-0.3, -0.25) is 4.79 Å². The smallest absolute Gasteiger partial charge is 0.254 e. The van der Waals surface area contributed by atoms with E-state index in [1.807, 2.05) is 13.0 Å². The number of anilines is 1. The lowest BCUT2D eigenvalue weighted by Crippen LogP contribution is -2.26. The minimum absolute atomic E-state index is 0.0640. The molecule has 0 spiro atoms. The number of carbonyl (C=O) groups excluding carboxylic acids is 1. The second kappa shape index (κ2) is 5.65. The largest absolute Gasteiger partial charge is 0.508 e. The number of amides is 1. The Kier molecular flexibility index (Phi) is 3.94. The van der Waals surface area contributed by atoms with E-state index < -0.39 is 0 Å². The monoisotopic (exact) mass is 270 g/mol. The van der Waals surface area contributed by atoms with Gasteiger partial charge in [-0.25, -0.2) is 0 Å². The van der Waals surface area contributed by atoms with E-state index >= 15 is 0 Å². The van der Waals surface area contributed by atoms with Crippen molar-refractivity contribution in [2.24, 2.45) is 0 Å². The average Bonchev–Trinajstić information content (AvgIpc) is 2.38. The van der Waals surface area contributed by atoms with Crippen molar-refractivity contribution in [2.45, 2.75) is 13.5 Å². The summed E-state index contributed by atoms with van der Waals surface area (Å²) in [5, 5.41) is 9.44. The molecule has 4 nitrogen and oxygen atoms in total. The highest BCUT2D eigenvalue weighted by molar-refractivity contribution is 5.95. The molecule has 0 unspecified atom stereocenters. The average molecular weight is 270 g/mol. The Bertz CT molecular complexity index is 638. The van der Waals surface area contributed by atoms with E-state index in [0.717, 1.165) is 11.1 Å². The zero-order valence-electron chi connectivity index (χ0n) is 11.6. The second-order valence-corrected chi connectivity index (χ2v) is 4.91. The van der Waals surface area contributed by atoms with Gasteiger partial charge in [-0.1, -0.05) is 12.1 Å². The molecule has 1 amide bonds. The van der Waals surface area contributed by atoms with Gasteiger partial charge in [-0.15, -0.1) is 0 Å². The maximum atomic E-state index is 12.4. The lowest BCUT2D eigenvalue weighted by Gasteiger charge is -2.18. The van der Waals surface area contributed by atoms with Crippen LogP contribution in [-0.4, -0.2) is 23.0 Å². The molecule has 3 N–H and O–H groups in total. The summed E-state index contributed by atoms with van der Waals surface area (Å²) in [6.45, 7) is 2.31. The highest BCUT2D eigenvalue weighted by atomic mass is 16.3. The summed E-state index contributed by atoms with van der Waals surface area (Å²) < 4.78 is 0. The van der Waals surface area contributed by atoms with Gasteiger partial charge in [-0.2, -0.15) is 0 Å². The van der Waals surface area contributed by atoms with E-state index in [2.05, 4.69) is 0 Å². The fourth-order valence-corrected chi connectivity index (χ4v) is 2.13. The lowest BCUT2D eigenvalue weighted by molar-refractivity contribution is 0.0784. The summed E-state index contributed by atoms with van der Waals surface area (Å²) in [5.41, 5.74) is 8.72. The topological polar surface area (TPSA) is 66.6 Å². The Hall–Kier alpha value is -2.49. The van der Waals surface area contributed by atoms with Crippen LogP contribution in [0.5, 0.6) is 5.75 Å². The van der Waals surface area contributed by atoms with E-state index in [4.69, 9.17) is 5.73 Å². The summed E-state index contributed by atoms with van der Waals surface area (Å²) in [6, 6.07) is 12.1. The summed E-state index contributed by atoms with van der Waals surface area (Å²) in [7, 11) is 1.74. The molecule has 2 rings (SSSR count). The quantitative estimate of drug-likeness (QED) is 0.842. The summed E-state index contributed by atoms with van der Waals surface area (Å²) >= 11 is 0. The highest BCUT2D eigenvalue weighted by Crippen LogP contribution is 2.17. The van der Waals surface area contributed by atoms with Gasteiger partial charge in [0, 0.05) is 24.8 Å². The third kappa shape index (κ3) is 3.09. The zero-order valence-corrected chi connectivity index (χ0v) is 11.6. The molecule has 104 valence electrons. The van der Waals surface area contributed by atoms with Crippen molar-refractivity contribution in [1.29, 1.82) is 0 Å². The van der Waals surface area contributed by atoms with E-state index in [1.165, 1.54) is 0 Å². The van der Waals surface area contributed by atoms with Gasteiger partial charge >= 0.3 is 0 Å². The van der Waals surface area contributed by atoms with Crippen LogP contribution >= 0.6 is 0 Å². The van der Waals surface area contributed by atoms with Crippen LogP contribution in [0.1, 0.15) is 21.5 Å². The molecule has 0 saturated heterocycles. The molecule has 0 aliphatic rings. The van der Waals surface area contributed by atoms with Gasteiger partial charge in [0.2, 0.25) is 0 Å². The predicted molar refractivity (Wildman–Crippen MR) is 79.5 cm³/mol. The number of nitrogens with two attached hydrogens (primary N) is 1. The first-order chi connectivity index (χ1) is 9.47. The molecular formula is C16H18N2O2. The number of carbonyl (C=O) groups is 1. The first kappa shape index (κ1) is 13.9. The van der Waals surface area contributed by atoms with E-state index in [-0.39, 0.29) is 11.7 Å². The van der Waals surface area contributed by atoms with Crippen molar-refractivity contribution in [2.75, 3.05) is 12.8 Å². The van der Waals surface area contributed by atoms with Gasteiger partial charge in [-0.05, 0) is 48.4 Å². The molecule has 0 radical (unpaired) electrons. The van der Waals surface area contributed by atoms with Crippen LogP contribution in [0.25, 0.3) is 0 Å². The number of rotatable bonds is 3. The Balaban J connectivity index is 2.16. The van der Waals surface area contributed by atoms with Crippen LogP contribution in [0.2, 0.25) is 0 Å². The van der Waals surface area contributed by atoms with Gasteiger partial charge in [0.15, 0.2) is 0 Å². The van der Waals surface area contributed by atoms with Crippen LogP contribution < -0.4 is 5.73 Å². The van der Waals surface area contributed by atoms with E-state index in [0.29, 0.717) is 17.8 Å². The van der Waals surface area contributed by atoms with Crippen molar-refractivity contribution in [3.8, 4) is 5.75 Å². The number of nitrogen functional groups attached to an aromatic ring is 1. The first-order valence-electron chi connectivity index (χ1n) is 6.37. The number of phenols is 1. The van der Waals surface area contributed by atoms with Crippen molar-refractivity contribution in [3.63, 3.8) is 0 Å². The number of nitrogens with zero attached hydrogens (tertiary/aromatic N) is 1. The van der Waals surface area contributed by atoms with Crippen LogP contribution in [-0.2, 0) is 6.54 Å². The van der Waals surface area contributed by atoms with Gasteiger partial charge < -0.3 is 15.7 Å². The van der Waals surface area contributed by atoms with Crippen molar-refractivity contribution < 1.29 is 9.90 Å². The predicted octanol–water partition coefficient (Wildman–Crippen LogP) is 2.56. The third-order valence-electron chi connectivity index (χ3n) is 3.16. The van der Waals surface area contributed by atoms with Crippen molar-refractivity contribution >= 4 is 11.6 Å². The Morgan fingerprint density at radius 1 is 1.25 bits per heavy atom. The highest BCUT2D eigenvalue weighted by Gasteiger charge is 2.14. The Morgan fingerprint density at radius 3 is 2.65 bits per heavy atom. The van der Waals surface area contributed by atoms with Gasteiger partial charge in [0.05, 0.1) is 0 Å². The molecule has 0 aliphatic heterocycles.